The lowest BCUT2D eigenvalue weighted by molar-refractivity contribution is 0.0911. The van der Waals surface area contributed by atoms with E-state index in [9.17, 15) is 8.42 Å². The molecular formula is C8H13NO4S. The summed E-state index contributed by atoms with van der Waals surface area (Å²) < 4.78 is 26.2. The maximum atomic E-state index is 10.6. The fourth-order valence-electron chi connectivity index (χ4n) is 0.922. The molecule has 0 aliphatic rings. The highest BCUT2D eigenvalue weighted by Crippen LogP contribution is 2.02. The van der Waals surface area contributed by atoms with Gasteiger partial charge >= 0.3 is 0 Å². The molecule has 0 fully saturated rings. The first-order valence-corrected chi connectivity index (χ1v) is 6.08. The Morgan fingerprint density at radius 1 is 1.57 bits per heavy atom. The van der Waals surface area contributed by atoms with Crippen molar-refractivity contribution in [3.63, 3.8) is 0 Å². The van der Waals surface area contributed by atoms with Gasteiger partial charge in [-0.2, -0.15) is 0 Å². The van der Waals surface area contributed by atoms with Gasteiger partial charge in [-0.05, 0) is 18.6 Å². The van der Waals surface area contributed by atoms with Crippen LogP contribution in [0.1, 0.15) is 12.2 Å². The number of aryl methyl sites for hydroxylation is 1. The van der Waals surface area contributed by atoms with Gasteiger partial charge in [-0.3, -0.25) is 4.84 Å². The number of hydrogen-bond acceptors (Lipinski definition) is 4. The van der Waals surface area contributed by atoms with Gasteiger partial charge in [0.1, 0.15) is 5.76 Å². The topological polar surface area (TPSA) is 68.5 Å². The van der Waals surface area contributed by atoms with Crippen molar-refractivity contribution in [2.45, 2.75) is 12.8 Å². The molecule has 14 heavy (non-hydrogen) atoms. The lowest BCUT2D eigenvalue weighted by Gasteiger charge is -2.01. The molecule has 0 saturated carbocycles. The maximum absolute atomic E-state index is 10.6. The summed E-state index contributed by atoms with van der Waals surface area (Å²) in [5.74, 6) is 0.868. The minimum Gasteiger partial charge on any atom is -0.469 e. The number of nitrogens with one attached hydrogen (secondary N) is 1. The molecule has 0 saturated heterocycles. The van der Waals surface area contributed by atoms with Crippen molar-refractivity contribution in [1.82, 2.24) is 4.89 Å². The highest BCUT2D eigenvalue weighted by Gasteiger charge is 2.00. The standard InChI is InChI=1S/C8H13NO4S/c1-14(10,11)9-13-7-3-5-8-4-2-6-12-8/h2,4,6,9H,3,5,7H2,1H3. The van der Waals surface area contributed by atoms with Crippen LogP contribution in [0.3, 0.4) is 0 Å². The second-order valence-electron chi connectivity index (χ2n) is 2.89. The van der Waals surface area contributed by atoms with E-state index in [0.717, 1.165) is 18.4 Å². The molecule has 1 N–H and O–H groups in total. The molecular weight excluding hydrogens is 206 g/mol. The van der Waals surface area contributed by atoms with Crippen molar-refractivity contribution in [1.29, 1.82) is 0 Å². The molecule has 0 spiro atoms. The fraction of sp³-hybridized carbons (Fsp3) is 0.500. The van der Waals surface area contributed by atoms with Gasteiger partial charge in [0.15, 0.2) is 0 Å². The van der Waals surface area contributed by atoms with E-state index in [-0.39, 0.29) is 0 Å². The Labute approximate surface area is 83.1 Å². The Kier molecular flexibility index (Phi) is 4.12. The number of furan rings is 1. The largest absolute Gasteiger partial charge is 0.469 e. The third kappa shape index (κ3) is 5.00. The highest BCUT2D eigenvalue weighted by molar-refractivity contribution is 7.88. The Hall–Kier alpha value is -0.850. The summed E-state index contributed by atoms with van der Waals surface area (Å²) in [6.07, 6.45) is 4.08. The smallest absolute Gasteiger partial charge is 0.230 e. The molecule has 1 aromatic heterocycles. The van der Waals surface area contributed by atoms with Crippen LogP contribution in [0.2, 0.25) is 0 Å². The summed E-state index contributed by atoms with van der Waals surface area (Å²) in [5.41, 5.74) is 0. The van der Waals surface area contributed by atoms with Crippen LogP contribution in [0.5, 0.6) is 0 Å². The fourth-order valence-corrected chi connectivity index (χ4v) is 1.22. The molecule has 0 radical (unpaired) electrons. The molecule has 80 valence electrons. The summed E-state index contributed by atoms with van der Waals surface area (Å²) in [5, 5.41) is 0. The van der Waals surface area contributed by atoms with Gasteiger partial charge in [-0.1, -0.05) is 4.89 Å². The zero-order chi connectivity index (χ0) is 10.4. The molecule has 0 unspecified atom stereocenters. The first-order chi connectivity index (χ1) is 6.58. The summed E-state index contributed by atoms with van der Waals surface area (Å²) in [7, 11) is -3.25. The molecule has 5 nitrogen and oxygen atoms in total. The zero-order valence-corrected chi connectivity index (χ0v) is 8.71. The number of sulfonamides is 1. The van der Waals surface area contributed by atoms with Gasteiger partial charge in [0, 0.05) is 6.42 Å². The molecule has 0 aromatic carbocycles. The Morgan fingerprint density at radius 3 is 2.93 bits per heavy atom. The average molecular weight is 219 g/mol. The van der Waals surface area contributed by atoms with Crippen molar-refractivity contribution in [2.75, 3.05) is 12.9 Å². The van der Waals surface area contributed by atoms with E-state index < -0.39 is 10.0 Å². The summed E-state index contributed by atoms with van der Waals surface area (Å²) in [4.78, 5) is 6.66. The zero-order valence-electron chi connectivity index (χ0n) is 7.89. The van der Waals surface area contributed by atoms with E-state index in [1.54, 1.807) is 6.26 Å². The van der Waals surface area contributed by atoms with E-state index in [1.165, 1.54) is 0 Å². The van der Waals surface area contributed by atoms with E-state index in [1.807, 2.05) is 17.0 Å². The van der Waals surface area contributed by atoms with Crippen LogP contribution in [-0.2, 0) is 21.3 Å². The predicted octanol–water partition coefficient (Wildman–Crippen LogP) is 0.693. The van der Waals surface area contributed by atoms with Gasteiger partial charge in [-0.15, -0.1) is 0 Å². The van der Waals surface area contributed by atoms with Crippen molar-refractivity contribution in [2.24, 2.45) is 0 Å². The summed E-state index contributed by atoms with van der Waals surface area (Å²) in [6, 6.07) is 3.68. The normalized spacial score (nSPS) is 11.8. The van der Waals surface area contributed by atoms with Gasteiger partial charge in [0.05, 0.1) is 19.1 Å². The molecule has 0 aliphatic carbocycles. The lowest BCUT2D eigenvalue weighted by atomic mass is 10.3. The number of hydrogen-bond donors (Lipinski definition) is 1. The monoisotopic (exact) mass is 219 g/mol. The molecule has 1 aromatic rings. The number of rotatable bonds is 6. The van der Waals surface area contributed by atoms with Crippen LogP contribution in [-0.4, -0.2) is 21.3 Å². The molecule has 0 aliphatic heterocycles. The van der Waals surface area contributed by atoms with Gasteiger partial charge in [0.25, 0.3) is 0 Å². The van der Waals surface area contributed by atoms with Crippen LogP contribution in [0.4, 0.5) is 0 Å². The second-order valence-corrected chi connectivity index (χ2v) is 4.60. The van der Waals surface area contributed by atoms with Crippen LogP contribution < -0.4 is 4.89 Å². The SMILES string of the molecule is CS(=O)(=O)NOCCCc1ccco1. The van der Waals surface area contributed by atoms with Crippen molar-refractivity contribution < 1.29 is 17.7 Å². The minimum absolute atomic E-state index is 0.327. The van der Waals surface area contributed by atoms with E-state index in [0.29, 0.717) is 13.0 Å². The minimum atomic E-state index is -3.25. The predicted molar refractivity (Wildman–Crippen MR) is 51.0 cm³/mol. The molecule has 1 heterocycles. The molecule has 6 heteroatoms. The van der Waals surface area contributed by atoms with Crippen LogP contribution in [0, 0.1) is 0 Å². The van der Waals surface area contributed by atoms with E-state index in [4.69, 9.17) is 9.25 Å². The van der Waals surface area contributed by atoms with Gasteiger partial charge in [0.2, 0.25) is 10.0 Å². The highest BCUT2D eigenvalue weighted by atomic mass is 32.2. The molecule has 0 atom stereocenters. The third-order valence-electron chi connectivity index (χ3n) is 1.46. The third-order valence-corrected chi connectivity index (χ3v) is 1.88. The molecule has 0 bridgehead atoms. The summed E-state index contributed by atoms with van der Waals surface area (Å²) in [6.45, 7) is 0.327. The quantitative estimate of drug-likeness (QED) is 0.564. The van der Waals surface area contributed by atoms with Crippen LogP contribution >= 0.6 is 0 Å². The first-order valence-electron chi connectivity index (χ1n) is 4.19. The van der Waals surface area contributed by atoms with Crippen LogP contribution in [0.25, 0.3) is 0 Å². The van der Waals surface area contributed by atoms with E-state index >= 15 is 0 Å². The Balaban J connectivity index is 2.06. The van der Waals surface area contributed by atoms with E-state index in [2.05, 4.69) is 0 Å². The van der Waals surface area contributed by atoms with Crippen molar-refractivity contribution in [3.05, 3.63) is 24.2 Å². The Morgan fingerprint density at radius 2 is 2.36 bits per heavy atom. The van der Waals surface area contributed by atoms with Crippen molar-refractivity contribution >= 4 is 10.0 Å². The second kappa shape index (κ2) is 5.14. The van der Waals surface area contributed by atoms with Gasteiger partial charge < -0.3 is 4.42 Å². The molecule has 1 rings (SSSR count). The summed E-state index contributed by atoms with van der Waals surface area (Å²) >= 11 is 0. The first kappa shape index (κ1) is 11.2. The van der Waals surface area contributed by atoms with Crippen molar-refractivity contribution in [3.8, 4) is 0 Å². The van der Waals surface area contributed by atoms with Crippen LogP contribution in [0.15, 0.2) is 22.8 Å². The molecule has 0 amide bonds. The van der Waals surface area contributed by atoms with Gasteiger partial charge in [-0.25, -0.2) is 8.42 Å². The average Bonchev–Trinajstić information content (AvgIpc) is 2.54. The maximum Gasteiger partial charge on any atom is 0.230 e. The Bertz CT molecular complexity index is 343. The lowest BCUT2D eigenvalue weighted by Crippen LogP contribution is -2.22.